The monoisotopic (exact) mass is 619 g/mol. The quantitative estimate of drug-likeness (QED) is 0.0657. The molecule has 0 saturated heterocycles. The van der Waals surface area contributed by atoms with Gasteiger partial charge in [-0.15, -0.1) is 0 Å². The number of halogens is 3. The minimum atomic E-state index is -4.88. The third-order valence-electron chi connectivity index (χ3n) is 7.06. The highest BCUT2D eigenvalue weighted by Crippen LogP contribution is 2.45. The molecule has 1 aliphatic rings. The van der Waals surface area contributed by atoms with Crippen LogP contribution in [-0.4, -0.2) is 43.9 Å². The number of carbonyl (C=O) groups is 1. The molecule has 6 rings (SSSR count). The first-order valence-corrected chi connectivity index (χ1v) is 12.9. The van der Waals surface area contributed by atoms with Gasteiger partial charge in [-0.2, -0.15) is 18.2 Å². The third-order valence-corrected chi connectivity index (χ3v) is 7.06. The Morgan fingerprint density at radius 3 is 2.51 bits per heavy atom. The molecule has 226 valence electrons. The highest BCUT2D eigenvalue weighted by molar-refractivity contribution is 5.90. The van der Waals surface area contributed by atoms with Crippen LogP contribution in [0.5, 0.6) is 5.75 Å². The molecule has 0 spiro atoms. The van der Waals surface area contributed by atoms with E-state index in [1.165, 1.54) is 30.3 Å². The fourth-order valence-electron chi connectivity index (χ4n) is 5.12. The van der Waals surface area contributed by atoms with E-state index in [0.29, 0.717) is 5.56 Å². The maximum absolute atomic E-state index is 14.1. The molecule has 0 amide bonds. The predicted molar refractivity (Wildman–Crippen MR) is 146 cm³/mol. The van der Waals surface area contributed by atoms with E-state index >= 15 is 0 Å². The number of carboxylic acids is 1. The molecule has 2 unspecified atom stereocenters. The standard InChI is InChI=1S/C28H16F3N7O7/c29-28(30,31)22-23(13-4-2-1-3-5-13)35-44-24(22)26-33-25(36-45-26)14-6-8-17-20(10-14)43-12-19(34-37-32)21(17)18-11-15(38(41)42)7-9-16(18)27(39)40/h1-11,19,21H,12H2,(H,39,40). The molecule has 0 bridgehead atoms. The zero-order valence-corrected chi connectivity index (χ0v) is 22.4. The molecule has 3 heterocycles. The molecule has 1 aliphatic heterocycles. The Morgan fingerprint density at radius 2 is 1.82 bits per heavy atom. The number of hydrogen-bond donors (Lipinski definition) is 1. The normalized spacial score (nSPS) is 15.9. The minimum Gasteiger partial charge on any atom is -0.493 e. The number of rotatable bonds is 7. The maximum Gasteiger partial charge on any atom is 0.422 e. The number of ether oxygens (including phenoxy) is 1. The van der Waals surface area contributed by atoms with Gasteiger partial charge >= 0.3 is 12.1 Å². The van der Waals surface area contributed by atoms with Gasteiger partial charge in [0.2, 0.25) is 11.6 Å². The summed E-state index contributed by atoms with van der Waals surface area (Å²) < 4.78 is 58.3. The van der Waals surface area contributed by atoms with Crippen LogP contribution in [0.2, 0.25) is 0 Å². The average Bonchev–Trinajstić information content (AvgIpc) is 3.69. The zero-order valence-electron chi connectivity index (χ0n) is 22.4. The second kappa shape index (κ2) is 11.1. The van der Waals surface area contributed by atoms with Gasteiger partial charge in [0, 0.05) is 39.7 Å². The van der Waals surface area contributed by atoms with Gasteiger partial charge in [-0.1, -0.05) is 57.9 Å². The van der Waals surface area contributed by atoms with Gasteiger partial charge in [0.05, 0.1) is 23.1 Å². The number of benzene rings is 3. The van der Waals surface area contributed by atoms with E-state index in [9.17, 15) is 33.2 Å². The molecule has 14 nitrogen and oxygen atoms in total. The molecule has 3 aromatic carbocycles. The topological polar surface area (TPSA) is 203 Å². The van der Waals surface area contributed by atoms with Gasteiger partial charge in [-0.05, 0) is 23.2 Å². The Morgan fingerprint density at radius 1 is 1.04 bits per heavy atom. The largest absolute Gasteiger partial charge is 0.493 e. The van der Waals surface area contributed by atoms with Crippen molar-refractivity contribution in [3.05, 3.63) is 110 Å². The summed E-state index contributed by atoms with van der Waals surface area (Å²) >= 11 is 0. The molecule has 0 radical (unpaired) electrons. The van der Waals surface area contributed by atoms with Crippen LogP contribution >= 0.6 is 0 Å². The summed E-state index contributed by atoms with van der Waals surface area (Å²) in [5.41, 5.74) is 7.62. The molecular weight excluding hydrogens is 603 g/mol. The lowest BCUT2D eigenvalue weighted by molar-refractivity contribution is -0.384. The number of alkyl halides is 3. The summed E-state index contributed by atoms with van der Waals surface area (Å²) in [5.74, 6) is -3.67. The van der Waals surface area contributed by atoms with Crippen molar-refractivity contribution < 1.29 is 41.8 Å². The summed E-state index contributed by atoms with van der Waals surface area (Å²) in [6, 6.07) is 14.3. The number of fused-ring (bicyclic) bond motifs is 1. The predicted octanol–water partition coefficient (Wildman–Crippen LogP) is 6.89. The lowest BCUT2D eigenvalue weighted by Gasteiger charge is -2.32. The van der Waals surface area contributed by atoms with Gasteiger partial charge in [0.25, 0.3) is 11.6 Å². The molecule has 45 heavy (non-hydrogen) atoms. The van der Waals surface area contributed by atoms with Crippen LogP contribution in [0.15, 0.2) is 80.9 Å². The van der Waals surface area contributed by atoms with Crippen molar-refractivity contribution in [2.45, 2.75) is 18.1 Å². The van der Waals surface area contributed by atoms with Crippen molar-refractivity contribution in [2.75, 3.05) is 6.61 Å². The van der Waals surface area contributed by atoms with E-state index < -0.39 is 51.9 Å². The van der Waals surface area contributed by atoms with Crippen molar-refractivity contribution in [3.8, 4) is 40.0 Å². The number of nitro groups is 1. The summed E-state index contributed by atoms with van der Waals surface area (Å²) in [6.07, 6.45) is -4.88. The zero-order chi connectivity index (χ0) is 31.9. The molecule has 17 heteroatoms. The van der Waals surface area contributed by atoms with E-state index in [-0.39, 0.29) is 46.1 Å². The molecular formula is C28H16F3N7O7. The first-order valence-electron chi connectivity index (χ1n) is 12.9. The lowest BCUT2D eigenvalue weighted by Crippen LogP contribution is -2.31. The van der Waals surface area contributed by atoms with E-state index in [1.54, 1.807) is 18.2 Å². The van der Waals surface area contributed by atoms with E-state index in [0.717, 1.165) is 18.2 Å². The second-order valence-electron chi connectivity index (χ2n) is 9.67. The van der Waals surface area contributed by atoms with Crippen molar-refractivity contribution >= 4 is 11.7 Å². The number of aromatic carboxylic acids is 1. The number of nitrogens with zero attached hydrogens (tertiary/aromatic N) is 7. The van der Waals surface area contributed by atoms with E-state index in [1.807, 2.05) is 0 Å². The lowest BCUT2D eigenvalue weighted by atomic mass is 9.80. The second-order valence-corrected chi connectivity index (χ2v) is 9.67. The Bertz CT molecular complexity index is 2000. The van der Waals surface area contributed by atoms with Crippen LogP contribution in [0.25, 0.3) is 44.7 Å². The van der Waals surface area contributed by atoms with Crippen molar-refractivity contribution in [2.24, 2.45) is 5.11 Å². The van der Waals surface area contributed by atoms with Crippen LogP contribution in [0, 0.1) is 10.1 Å². The van der Waals surface area contributed by atoms with Gasteiger partial charge in [0.15, 0.2) is 0 Å². The fraction of sp³-hybridized carbons (Fsp3) is 0.143. The Balaban J connectivity index is 1.41. The van der Waals surface area contributed by atoms with Gasteiger partial charge in [-0.25, -0.2) is 4.79 Å². The minimum absolute atomic E-state index is 0.0208. The highest BCUT2D eigenvalue weighted by Gasteiger charge is 2.43. The Labute approximate surface area is 248 Å². The molecule has 2 aromatic heterocycles. The third kappa shape index (κ3) is 5.27. The van der Waals surface area contributed by atoms with Crippen LogP contribution in [0.3, 0.4) is 0 Å². The number of carboxylic acid groups (broad SMARTS) is 1. The summed E-state index contributed by atoms with van der Waals surface area (Å²) in [6.45, 7) is -0.223. The number of non-ortho nitro benzene ring substituents is 1. The Hall–Kier alpha value is -6.22. The molecule has 1 N–H and O–H groups in total. The van der Waals surface area contributed by atoms with Crippen LogP contribution in [0.4, 0.5) is 18.9 Å². The average molecular weight is 619 g/mol. The summed E-state index contributed by atoms with van der Waals surface area (Å²) in [4.78, 5) is 29.7. The molecule has 0 aliphatic carbocycles. The fourth-order valence-corrected chi connectivity index (χ4v) is 5.12. The highest BCUT2D eigenvalue weighted by atomic mass is 19.4. The SMILES string of the molecule is [N-]=[N+]=NC1COc2cc(-c3noc(-c4onc(-c5ccccc5)c4C(F)(F)F)n3)ccc2C1c1cc([N+](=O)[O-])ccc1C(=O)O. The molecule has 5 aromatic rings. The Kier molecular flexibility index (Phi) is 7.14. The number of hydrogen-bond acceptors (Lipinski definition) is 10. The van der Waals surface area contributed by atoms with Gasteiger partial charge in [-0.3, -0.25) is 10.1 Å². The smallest absolute Gasteiger partial charge is 0.422 e. The van der Waals surface area contributed by atoms with Crippen LogP contribution < -0.4 is 4.74 Å². The summed E-state index contributed by atoms with van der Waals surface area (Å²) in [5, 5.41) is 32.4. The first-order chi connectivity index (χ1) is 21.6. The molecule has 0 saturated carbocycles. The molecule has 0 fully saturated rings. The number of nitro benzene ring substituents is 1. The van der Waals surface area contributed by atoms with Crippen molar-refractivity contribution in [1.82, 2.24) is 15.3 Å². The van der Waals surface area contributed by atoms with Crippen LogP contribution in [0.1, 0.15) is 33.0 Å². The van der Waals surface area contributed by atoms with E-state index in [2.05, 4.69) is 25.3 Å². The number of aromatic nitrogens is 3. The first kappa shape index (κ1) is 28.9. The molecule has 2 atom stereocenters. The van der Waals surface area contributed by atoms with Crippen molar-refractivity contribution in [1.29, 1.82) is 0 Å². The summed E-state index contributed by atoms with van der Waals surface area (Å²) in [7, 11) is 0. The van der Waals surface area contributed by atoms with Gasteiger partial charge in [0.1, 0.15) is 17.0 Å². The maximum atomic E-state index is 14.1. The van der Waals surface area contributed by atoms with Crippen molar-refractivity contribution in [3.63, 3.8) is 0 Å². The number of azide groups is 1. The van der Waals surface area contributed by atoms with Crippen LogP contribution in [-0.2, 0) is 6.18 Å². The van der Waals surface area contributed by atoms with Gasteiger partial charge < -0.3 is 18.9 Å². The van der Waals surface area contributed by atoms with E-state index in [4.69, 9.17) is 19.3 Å².